The van der Waals surface area contributed by atoms with Crippen LogP contribution in [0, 0.1) is 0 Å². The molecule has 0 bridgehead atoms. The predicted octanol–water partition coefficient (Wildman–Crippen LogP) is 0.509. The first kappa shape index (κ1) is 7.28. The average molecular weight is 141 g/mol. The Kier molecular flexibility index (Phi) is 2.06. The van der Waals surface area contributed by atoms with E-state index in [1.165, 1.54) is 6.08 Å². The molecule has 1 aliphatic carbocycles. The Morgan fingerprint density at radius 2 is 2.50 bits per heavy atom. The van der Waals surface area contributed by atoms with Crippen molar-refractivity contribution in [2.24, 2.45) is 5.73 Å². The van der Waals surface area contributed by atoms with Crippen molar-refractivity contribution in [2.75, 3.05) is 0 Å². The molecule has 0 saturated heterocycles. The van der Waals surface area contributed by atoms with Gasteiger partial charge in [0.15, 0.2) is 0 Å². The molecule has 0 spiro atoms. The van der Waals surface area contributed by atoms with Crippen molar-refractivity contribution in [2.45, 2.75) is 25.3 Å². The number of aliphatic carboxylic acids is 1. The van der Waals surface area contributed by atoms with E-state index in [0.29, 0.717) is 0 Å². The van der Waals surface area contributed by atoms with E-state index in [-0.39, 0.29) is 6.04 Å². The van der Waals surface area contributed by atoms with Crippen LogP contribution in [0.4, 0.5) is 0 Å². The molecule has 3 nitrogen and oxygen atoms in total. The molecule has 0 aromatic heterocycles. The second kappa shape index (κ2) is 2.84. The highest BCUT2D eigenvalue weighted by Crippen LogP contribution is 2.22. The Morgan fingerprint density at radius 3 is 2.90 bits per heavy atom. The largest absolute Gasteiger partial charge is 0.478 e. The van der Waals surface area contributed by atoms with Crippen LogP contribution in [0.2, 0.25) is 0 Å². The van der Waals surface area contributed by atoms with Crippen LogP contribution >= 0.6 is 0 Å². The zero-order chi connectivity index (χ0) is 7.56. The predicted molar refractivity (Wildman–Crippen MR) is 37.5 cm³/mol. The summed E-state index contributed by atoms with van der Waals surface area (Å²) in [5.41, 5.74) is 6.48. The maximum atomic E-state index is 10.2. The molecule has 0 amide bonds. The molecule has 1 aliphatic rings. The molecule has 1 atom stereocenters. The minimum absolute atomic E-state index is 0.00361. The molecular weight excluding hydrogens is 130 g/mol. The summed E-state index contributed by atoms with van der Waals surface area (Å²) in [4.78, 5) is 10.2. The van der Waals surface area contributed by atoms with Crippen LogP contribution in [0.5, 0.6) is 0 Å². The van der Waals surface area contributed by atoms with Gasteiger partial charge in [0.2, 0.25) is 0 Å². The summed E-state index contributed by atoms with van der Waals surface area (Å²) in [7, 11) is 0. The van der Waals surface area contributed by atoms with E-state index in [9.17, 15) is 4.79 Å². The highest BCUT2D eigenvalue weighted by molar-refractivity contribution is 5.81. The fraction of sp³-hybridized carbons (Fsp3) is 0.571. The maximum Gasteiger partial charge on any atom is 0.328 e. The standard InChI is InChI=1S/C7H11NO2/c8-6-3-1-2-5(6)4-7(9)10/h4,6H,1-3,8H2,(H,9,10)/b5-4+. The van der Waals surface area contributed by atoms with Crippen molar-refractivity contribution < 1.29 is 9.90 Å². The molecule has 10 heavy (non-hydrogen) atoms. The molecule has 0 heterocycles. The molecule has 56 valence electrons. The summed E-state index contributed by atoms with van der Waals surface area (Å²) in [5, 5.41) is 8.36. The van der Waals surface area contributed by atoms with Crippen molar-refractivity contribution in [3.05, 3.63) is 11.6 Å². The van der Waals surface area contributed by atoms with Crippen LogP contribution in [-0.2, 0) is 4.79 Å². The van der Waals surface area contributed by atoms with Crippen LogP contribution in [0.3, 0.4) is 0 Å². The van der Waals surface area contributed by atoms with E-state index in [1.807, 2.05) is 0 Å². The second-order valence-corrected chi connectivity index (χ2v) is 2.56. The number of rotatable bonds is 1. The number of hydrogen-bond acceptors (Lipinski definition) is 2. The van der Waals surface area contributed by atoms with Gasteiger partial charge in [0, 0.05) is 12.1 Å². The number of carbonyl (C=O) groups is 1. The third-order valence-corrected chi connectivity index (χ3v) is 1.77. The molecule has 1 saturated carbocycles. The van der Waals surface area contributed by atoms with E-state index >= 15 is 0 Å². The van der Waals surface area contributed by atoms with E-state index in [2.05, 4.69) is 0 Å². The van der Waals surface area contributed by atoms with E-state index in [0.717, 1.165) is 24.8 Å². The third kappa shape index (κ3) is 1.57. The second-order valence-electron chi connectivity index (χ2n) is 2.56. The molecule has 3 N–H and O–H groups in total. The summed E-state index contributed by atoms with van der Waals surface area (Å²) in [5.74, 6) is -0.882. The van der Waals surface area contributed by atoms with Crippen molar-refractivity contribution >= 4 is 5.97 Å². The molecule has 0 radical (unpaired) electrons. The minimum Gasteiger partial charge on any atom is -0.478 e. The zero-order valence-electron chi connectivity index (χ0n) is 5.71. The van der Waals surface area contributed by atoms with Crippen LogP contribution in [0.25, 0.3) is 0 Å². The lowest BCUT2D eigenvalue weighted by atomic mass is 10.1. The quantitative estimate of drug-likeness (QED) is 0.523. The van der Waals surface area contributed by atoms with Gasteiger partial charge in [-0.3, -0.25) is 0 Å². The molecule has 0 aromatic rings. The van der Waals surface area contributed by atoms with E-state index < -0.39 is 5.97 Å². The van der Waals surface area contributed by atoms with Crippen LogP contribution in [0.1, 0.15) is 19.3 Å². The van der Waals surface area contributed by atoms with Crippen molar-refractivity contribution in [3.63, 3.8) is 0 Å². The number of nitrogens with two attached hydrogens (primary N) is 1. The summed E-state index contributed by atoms with van der Waals surface area (Å²) in [6.07, 6.45) is 4.05. The molecule has 1 fully saturated rings. The lowest BCUT2D eigenvalue weighted by Crippen LogP contribution is -2.17. The summed E-state index contributed by atoms with van der Waals surface area (Å²) < 4.78 is 0. The lowest BCUT2D eigenvalue weighted by Gasteiger charge is -2.01. The molecular formula is C7H11NO2. The van der Waals surface area contributed by atoms with Gasteiger partial charge in [-0.25, -0.2) is 4.79 Å². The Morgan fingerprint density at radius 1 is 1.80 bits per heavy atom. The number of hydrogen-bond donors (Lipinski definition) is 2. The molecule has 3 heteroatoms. The van der Waals surface area contributed by atoms with Gasteiger partial charge < -0.3 is 10.8 Å². The topological polar surface area (TPSA) is 63.3 Å². The maximum absolute atomic E-state index is 10.2. The molecule has 1 rings (SSSR count). The average Bonchev–Trinajstić information content (AvgIpc) is 2.15. The minimum atomic E-state index is -0.882. The first-order chi connectivity index (χ1) is 4.70. The SMILES string of the molecule is NC1CCC/C1=C\C(=O)O. The smallest absolute Gasteiger partial charge is 0.328 e. The monoisotopic (exact) mass is 141 g/mol. The van der Waals surface area contributed by atoms with Crippen LogP contribution < -0.4 is 5.73 Å². The first-order valence-corrected chi connectivity index (χ1v) is 3.39. The third-order valence-electron chi connectivity index (χ3n) is 1.77. The van der Waals surface area contributed by atoms with Gasteiger partial charge in [-0.2, -0.15) is 0 Å². The van der Waals surface area contributed by atoms with Crippen molar-refractivity contribution in [3.8, 4) is 0 Å². The van der Waals surface area contributed by atoms with Crippen LogP contribution in [-0.4, -0.2) is 17.1 Å². The van der Waals surface area contributed by atoms with E-state index in [4.69, 9.17) is 10.8 Å². The van der Waals surface area contributed by atoms with Crippen molar-refractivity contribution in [1.29, 1.82) is 0 Å². The lowest BCUT2D eigenvalue weighted by molar-refractivity contribution is -0.131. The Labute approximate surface area is 59.5 Å². The Bertz CT molecular complexity index is 174. The van der Waals surface area contributed by atoms with Gasteiger partial charge >= 0.3 is 5.97 Å². The first-order valence-electron chi connectivity index (χ1n) is 3.39. The van der Waals surface area contributed by atoms with Gasteiger partial charge in [0.25, 0.3) is 0 Å². The number of carboxylic acid groups (broad SMARTS) is 1. The number of carboxylic acids is 1. The van der Waals surface area contributed by atoms with E-state index in [1.54, 1.807) is 0 Å². The molecule has 0 aliphatic heterocycles. The fourth-order valence-electron chi connectivity index (χ4n) is 1.23. The fourth-order valence-corrected chi connectivity index (χ4v) is 1.23. The zero-order valence-corrected chi connectivity index (χ0v) is 5.71. The molecule has 1 unspecified atom stereocenters. The summed E-state index contributed by atoms with van der Waals surface area (Å²) in [6.45, 7) is 0. The van der Waals surface area contributed by atoms with Crippen molar-refractivity contribution in [1.82, 2.24) is 0 Å². The normalized spacial score (nSPS) is 29.3. The van der Waals surface area contributed by atoms with Gasteiger partial charge in [-0.15, -0.1) is 0 Å². The Balaban J connectivity index is 2.62. The summed E-state index contributed by atoms with van der Waals surface area (Å²) >= 11 is 0. The summed E-state index contributed by atoms with van der Waals surface area (Å²) in [6, 6.07) is -0.00361. The van der Waals surface area contributed by atoms with Gasteiger partial charge in [0.05, 0.1) is 0 Å². The molecule has 0 aromatic carbocycles. The van der Waals surface area contributed by atoms with Crippen LogP contribution in [0.15, 0.2) is 11.6 Å². The van der Waals surface area contributed by atoms with Gasteiger partial charge in [-0.1, -0.05) is 0 Å². The van der Waals surface area contributed by atoms with Gasteiger partial charge in [-0.05, 0) is 24.8 Å². The Hall–Kier alpha value is -0.830. The highest BCUT2D eigenvalue weighted by Gasteiger charge is 2.16. The highest BCUT2D eigenvalue weighted by atomic mass is 16.4. The van der Waals surface area contributed by atoms with Gasteiger partial charge in [0.1, 0.15) is 0 Å².